The summed E-state index contributed by atoms with van der Waals surface area (Å²) in [5.74, 6) is 2.22. The Balaban J connectivity index is 1.48. The predicted molar refractivity (Wildman–Crippen MR) is 140 cm³/mol. The highest BCUT2D eigenvalue weighted by molar-refractivity contribution is 7.99. The summed E-state index contributed by atoms with van der Waals surface area (Å²) in [5, 5.41) is 8.40. The molecule has 5 rings (SSSR count). The van der Waals surface area contributed by atoms with E-state index in [2.05, 4.69) is 33.5 Å². The quantitative estimate of drug-likeness (QED) is 0.417. The summed E-state index contributed by atoms with van der Waals surface area (Å²) in [4.78, 5) is 20.9. The smallest absolute Gasteiger partial charge is 0.256 e. The number of nitrogens with zero attached hydrogens (tertiary/aromatic N) is 4. The van der Waals surface area contributed by atoms with E-state index in [1.165, 1.54) is 17.1 Å². The van der Waals surface area contributed by atoms with Crippen molar-refractivity contribution in [3.05, 3.63) is 77.5 Å². The van der Waals surface area contributed by atoms with Gasteiger partial charge in [0.15, 0.2) is 5.65 Å². The molecule has 3 heterocycles. The van der Waals surface area contributed by atoms with Crippen LogP contribution in [-0.4, -0.2) is 50.2 Å². The summed E-state index contributed by atoms with van der Waals surface area (Å²) in [6.45, 7) is 7.87. The van der Waals surface area contributed by atoms with Gasteiger partial charge in [-0.25, -0.2) is 9.67 Å². The molecule has 0 unspecified atom stereocenters. The van der Waals surface area contributed by atoms with Gasteiger partial charge in [-0.3, -0.25) is 9.69 Å². The van der Waals surface area contributed by atoms with Crippen LogP contribution in [0.25, 0.3) is 22.3 Å². The van der Waals surface area contributed by atoms with Gasteiger partial charge < -0.3 is 5.32 Å². The van der Waals surface area contributed by atoms with Crippen molar-refractivity contribution in [1.82, 2.24) is 19.7 Å². The first kappa shape index (κ1) is 22.6. The van der Waals surface area contributed by atoms with Gasteiger partial charge in [-0.2, -0.15) is 16.9 Å². The number of hydrogen-bond acceptors (Lipinski definition) is 5. The number of pyridine rings is 1. The van der Waals surface area contributed by atoms with Crippen LogP contribution in [0.3, 0.4) is 0 Å². The number of benzene rings is 2. The fourth-order valence-electron chi connectivity index (χ4n) is 4.33. The Labute approximate surface area is 204 Å². The second-order valence-corrected chi connectivity index (χ2v) is 9.84. The van der Waals surface area contributed by atoms with Gasteiger partial charge in [0.2, 0.25) is 0 Å². The number of fused-ring (bicyclic) bond motifs is 1. The molecule has 0 bridgehead atoms. The maximum atomic E-state index is 13.6. The molecule has 1 amide bonds. The van der Waals surface area contributed by atoms with Gasteiger partial charge in [0, 0.05) is 48.9 Å². The molecular weight excluding hydrogens is 442 g/mol. The number of nitrogens with one attached hydrogen (secondary N) is 1. The average Bonchev–Trinajstić information content (AvgIpc) is 3.30. The highest BCUT2D eigenvalue weighted by atomic mass is 32.2. The Morgan fingerprint density at radius 1 is 1.09 bits per heavy atom. The third-order valence-corrected chi connectivity index (χ3v) is 7.23. The van der Waals surface area contributed by atoms with Gasteiger partial charge in [0.25, 0.3) is 5.91 Å². The highest BCUT2D eigenvalue weighted by Gasteiger charge is 2.18. The topological polar surface area (TPSA) is 63.1 Å². The fourth-order valence-corrected chi connectivity index (χ4v) is 5.31. The van der Waals surface area contributed by atoms with Crippen LogP contribution in [0.15, 0.2) is 60.8 Å². The standard InChI is InChI=1S/C27H29N5OS/c1-3-32-26-23(17-28-32)22(16-25(29-26)21-7-5-4-6-8-21)27(33)30-24-15-20(10-9-19(24)2)18-31-11-13-34-14-12-31/h4-10,15-17H,3,11-14,18H2,1-2H3,(H,30,33). The zero-order valence-corrected chi connectivity index (χ0v) is 20.4. The molecule has 0 radical (unpaired) electrons. The molecule has 174 valence electrons. The summed E-state index contributed by atoms with van der Waals surface area (Å²) in [7, 11) is 0. The Morgan fingerprint density at radius 3 is 2.65 bits per heavy atom. The minimum absolute atomic E-state index is 0.144. The minimum Gasteiger partial charge on any atom is -0.322 e. The van der Waals surface area contributed by atoms with Crippen molar-refractivity contribution in [2.45, 2.75) is 26.9 Å². The lowest BCUT2D eigenvalue weighted by atomic mass is 10.1. The average molecular weight is 472 g/mol. The molecule has 6 nitrogen and oxygen atoms in total. The monoisotopic (exact) mass is 471 g/mol. The molecule has 0 aliphatic carbocycles. The molecule has 0 saturated carbocycles. The molecule has 4 aromatic rings. The molecule has 2 aromatic heterocycles. The van der Waals surface area contributed by atoms with Crippen LogP contribution in [0.1, 0.15) is 28.4 Å². The number of aromatic nitrogens is 3. The van der Waals surface area contributed by atoms with E-state index in [4.69, 9.17) is 4.98 Å². The summed E-state index contributed by atoms with van der Waals surface area (Å²) in [5.41, 5.74) is 6.16. The third-order valence-electron chi connectivity index (χ3n) is 6.28. The first-order chi connectivity index (χ1) is 16.6. The SMILES string of the molecule is CCn1ncc2c(C(=O)Nc3cc(CN4CCSCC4)ccc3C)cc(-c3ccccc3)nc21. The number of rotatable bonds is 6. The van der Waals surface area contributed by atoms with Gasteiger partial charge in [-0.15, -0.1) is 0 Å². The van der Waals surface area contributed by atoms with Crippen LogP contribution in [0.5, 0.6) is 0 Å². The number of anilines is 1. The number of aryl methyl sites for hydroxylation is 2. The number of carbonyl (C=O) groups excluding carboxylic acids is 1. The van der Waals surface area contributed by atoms with E-state index in [0.717, 1.165) is 53.2 Å². The summed E-state index contributed by atoms with van der Waals surface area (Å²) >= 11 is 2.01. The summed E-state index contributed by atoms with van der Waals surface area (Å²) in [6, 6.07) is 18.2. The molecule has 1 aliphatic heterocycles. The minimum atomic E-state index is -0.144. The largest absolute Gasteiger partial charge is 0.322 e. The van der Waals surface area contributed by atoms with Crippen LogP contribution in [0.2, 0.25) is 0 Å². The van der Waals surface area contributed by atoms with Crippen molar-refractivity contribution in [2.75, 3.05) is 29.9 Å². The molecular formula is C27H29N5OS. The van der Waals surface area contributed by atoms with E-state index in [-0.39, 0.29) is 5.91 Å². The van der Waals surface area contributed by atoms with E-state index in [9.17, 15) is 4.79 Å². The normalized spacial score (nSPS) is 14.4. The molecule has 1 saturated heterocycles. The highest BCUT2D eigenvalue weighted by Crippen LogP contribution is 2.27. The maximum absolute atomic E-state index is 13.6. The third kappa shape index (κ3) is 4.72. The lowest BCUT2D eigenvalue weighted by molar-refractivity contribution is 0.102. The molecule has 1 aliphatic rings. The number of thioether (sulfide) groups is 1. The summed E-state index contributed by atoms with van der Waals surface area (Å²) in [6.07, 6.45) is 1.74. The maximum Gasteiger partial charge on any atom is 0.256 e. The van der Waals surface area contributed by atoms with Crippen LogP contribution in [0.4, 0.5) is 5.69 Å². The van der Waals surface area contributed by atoms with E-state index in [0.29, 0.717) is 12.1 Å². The molecule has 0 spiro atoms. The van der Waals surface area contributed by atoms with Crippen molar-refractivity contribution in [1.29, 1.82) is 0 Å². The van der Waals surface area contributed by atoms with Crippen LogP contribution < -0.4 is 5.32 Å². The van der Waals surface area contributed by atoms with Crippen molar-refractivity contribution in [3.8, 4) is 11.3 Å². The van der Waals surface area contributed by atoms with Gasteiger partial charge in [0.1, 0.15) is 0 Å². The first-order valence-corrected chi connectivity index (χ1v) is 12.9. The van der Waals surface area contributed by atoms with Gasteiger partial charge >= 0.3 is 0 Å². The zero-order valence-electron chi connectivity index (χ0n) is 19.6. The Kier molecular flexibility index (Phi) is 6.65. The Hall–Kier alpha value is -3.16. The van der Waals surface area contributed by atoms with Gasteiger partial charge in [-0.05, 0) is 37.1 Å². The van der Waals surface area contributed by atoms with E-state index in [1.54, 1.807) is 6.20 Å². The van der Waals surface area contributed by atoms with Crippen LogP contribution >= 0.6 is 11.8 Å². The van der Waals surface area contributed by atoms with Crippen molar-refractivity contribution in [2.24, 2.45) is 0 Å². The lowest BCUT2D eigenvalue weighted by Crippen LogP contribution is -2.32. The molecule has 1 N–H and O–H groups in total. The lowest BCUT2D eigenvalue weighted by Gasteiger charge is -2.26. The Bertz CT molecular complexity index is 1310. The first-order valence-electron chi connectivity index (χ1n) is 11.8. The van der Waals surface area contributed by atoms with Gasteiger partial charge in [0.05, 0.1) is 22.8 Å². The number of carbonyl (C=O) groups is 1. The summed E-state index contributed by atoms with van der Waals surface area (Å²) < 4.78 is 1.83. The molecule has 2 aromatic carbocycles. The van der Waals surface area contributed by atoms with E-state index in [1.807, 2.05) is 66.7 Å². The second kappa shape index (κ2) is 9.99. The van der Waals surface area contributed by atoms with Crippen LogP contribution in [0, 0.1) is 6.92 Å². The molecule has 0 atom stereocenters. The molecule has 34 heavy (non-hydrogen) atoms. The zero-order chi connectivity index (χ0) is 23.5. The Morgan fingerprint density at radius 2 is 1.88 bits per heavy atom. The second-order valence-electron chi connectivity index (χ2n) is 8.61. The van der Waals surface area contributed by atoms with E-state index >= 15 is 0 Å². The predicted octanol–water partition coefficient (Wildman–Crippen LogP) is 5.23. The molecule has 1 fully saturated rings. The van der Waals surface area contributed by atoms with E-state index < -0.39 is 0 Å². The van der Waals surface area contributed by atoms with Crippen LogP contribution in [-0.2, 0) is 13.1 Å². The number of hydrogen-bond donors (Lipinski definition) is 1. The van der Waals surface area contributed by atoms with Gasteiger partial charge in [-0.1, -0.05) is 42.5 Å². The molecule has 7 heteroatoms. The van der Waals surface area contributed by atoms with Crippen molar-refractivity contribution >= 4 is 34.4 Å². The number of amides is 1. The van der Waals surface area contributed by atoms with Crippen molar-refractivity contribution < 1.29 is 4.79 Å². The van der Waals surface area contributed by atoms with Crippen molar-refractivity contribution in [3.63, 3.8) is 0 Å². The fraction of sp³-hybridized carbons (Fsp3) is 0.296.